The molecule has 0 radical (unpaired) electrons. The van der Waals surface area contributed by atoms with Crippen LogP contribution in [0.4, 0.5) is 0 Å². The summed E-state index contributed by atoms with van der Waals surface area (Å²) in [7, 11) is 0. The average molecular weight is 508 g/mol. The summed E-state index contributed by atoms with van der Waals surface area (Å²) in [5.41, 5.74) is 0. The van der Waals surface area contributed by atoms with Gasteiger partial charge in [0, 0.05) is 13.0 Å². The van der Waals surface area contributed by atoms with Gasteiger partial charge >= 0.3 is 0 Å². The molecule has 0 rings (SSSR count). The maximum Gasteiger partial charge on any atom is 0.219 e. The highest BCUT2D eigenvalue weighted by molar-refractivity contribution is 5.75. The molecule has 0 aliphatic carbocycles. The summed E-state index contributed by atoms with van der Waals surface area (Å²) >= 11 is 0. The van der Waals surface area contributed by atoms with E-state index >= 15 is 0 Å². The maximum absolute atomic E-state index is 11.8. The molecule has 1 amide bonds. The second-order valence-corrected chi connectivity index (χ2v) is 11.6. The molecule has 0 atom stereocenters. The molecular formula is C34H69NO. The van der Waals surface area contributed by atoms with E-state index in [1.165, 1.54) is 173 Å². The number of carbonyl (C=O) groups is 1. The van der Waals surface area contributed by atoms with E-state index in [0.29, 0.717) is 0 Å². The van der Waals surface area contributed by atoms with E-state index in [9.17, 15) is 4.79 Å². The van der Waals surface area contributed by atoms with Crippen molar-refractivity contribution >= 4 is 5.91 Å². The zero-order valence-corrected chi connectivity index (χ0v) is 25.3. The Kier molecular flexibility index (Phi) is 32.0. The first kappa shape index (κ1) is 35.5. The Morgan fingerprint density at radius 2 is 0.611 bits per heavy atom. The smallest absolute Gasteiger partial charge is 0.219 e. The normalized spacial score (nSPS) is 11.3. The molecule has 0 fully saturated rings. The highest BCUT2D eigenvalue weighted by Crippen LogP contribution is 2.15. The Balaban J connectivity index is 3.09. The van der Waals surface area contributed by atoms with Crippen LogP contribution in [0.3, 0.4) is 0 Å². The van der Waals surface area contributed by atoms with Crippen molar-refractivity contribution in [3.8, 4) is 0 Å². The number of nitrogens with one attached hydrogen (secondary N) is 1. The molecule has 216 valence electrons. The molecule has 0 aromatic heterocycles. The van der Waals surface area contributed by atoms with Crippen molar-refractivity contribution in [1.82, 2.24) is 5.32 Å². The first-order valence-electron chi connectivity index (χ1n) is 17.1. The van der Waals surface area contributed by atoms with Crippen LogP contribution < -0.4 is 5.32 Å². The van der Waals surface area contributed by atoms with E-state index in [1.54, 1.807) is 0 Å². The van der Waals surface area contributed by atoms with Gasteiger partial charge in [0.05, 0.1) is 0 Å². The van der Waals surface area contributed by atoms with E-state index < -0.39 is 0 Å². The summed E-state index contributed by atoms with van der Waals surface area (Å²) in [5.74, 6) is 0.268. The summed E-state index contributed by atoms with van der Waals surface area (Å²) < 4.78 is 0. The van der Waals surface area contributed by atoms with Crippen LogP contribution in [0.15, 0.2) is 0 Å². The lowest BCUT2D eigenvalue weighted by Gasteiger charge is -2.05. The summed E-state index contributed by atoms with van der Waals surface area (Å²) in [6.07, 6.45) is 41.0. The molecule has 2 heteroatoms. The molecule has 2 nitrogen and oxygen atoms in total. The number of unbranched alkanes of at least 4 members (excludes halogenated alkanes) is 27. The maximum atomic E-state index is 11.8. The van der Waals surface area contributed by atoms with Gasteiger partial charge in [-0.1, -0.05) is 187 Å². The van der Waals surface area contributed by atoms with Crippen LogP contribution in [0.25, 0.3) is 0 Å². The minimum Gasteiger partial charge on any atom is -0.356 e. The second kappa shape index (κ2) is 32.5. The summed E-state index contributed by atoms with van der Waals surface area (Å²) in [6.45, 7) is 5.42. The Morgan fingerprint density at radius 1 is 0.361 bits per heavy atom. The van der Waals surface area contributed by atoms with E-state index in [0.717, 1.165) is 25.8 Å². The average Bonchev–Trinajstić information content (AvgIpc) is 2.88. The fourth-order valence-corrected chi connectivity index (χ4v) is 5.29. The molecule has 0 spiro atoms. The van der Waals surface area contributed by atoms with Crippen molar-refractivity contribution in [2.75, 3.05) is 6.54 Å². The molecule has 0 aliphatic rings. The molecule has 0 aliphatic heterocycles. The van der Waals surface area contributed by atoms with Gasteiger partial charge in [0.25, 0.3) is 0 Å². The van der Waals surface area contributed by atoms with Crippen molar-refractivity contribution in [3.63, 3.8) is 0 Å². The Morgan fingerprint density at radius 3 is 0.917 bits per heavy atom. The third-order valence-corrected chi connectivity index (χ3v) is 7.86. The Bertz CT molecular complexity index is 408. The highest BCUT2D eigenvalue weighted by Gasteiger charge is 2.01. The molecule has 0 heterocycles. The molecule has 0 aromatic carbocycles. The SMILES string of the molecule is CCCCCCCCCCCCCCCCCCCCCCCCCCC(=O)NCCCCCCC. The predicted molar refractivity (Wildman–Crippen MR) is 163 cm³/mol. The molecule has 0 saturated heterocycles. The van der Waals surface area contributed by atoms with Gasteiger partial charge in [0.1, 0.15) is 0 Å². The standard InChI is InChI=1S/C34H69NO/c1-3-5-7-9-10-11-12-13-14-15-16-17-18-19-20-21-22-23-24-25-26-27-28-30-32-34(36)35-33-31-29-8-6-4-2/h3-33H2,1-2H3,(H,35,36). The van der Waals surface area contributed by atoms with E-state index in [4.69, 9.17) is 0 Å². The fourth-order valence-electron chi connectivity index (χ4n) is 5.29. The molecule has 0 bridgehead atoms. The van der Waals surface area contributed by atoms with Gasteiger partial charge in [-0.25, -0.2) is 0 Å². The van der Waals surface area contributed by atoms with Crippen LogP contribution in [0.1, 0.15) is 206 Å². The molecule has 1 N–H and O–H groups in total. The van der Waals surface area contributed by atoms with E-state index in [2.05, 4.69) is 19.2 Å². The van der Waals surface area contributed by atoms with Gasteiger partial charge in [0.15, 0.2) is 0 Å². The predicted octanol–water partition coefficient (Wildman–Crippen LogP) is 11.8. The third kappa shape index (κ3) is 31.5. The van der Waals surface area contributed by atoms with Gasteiger partial charge in [-0.05, 0) is 12.8 Å². The molecular weight excluding hydrogens is 438 g/mol. The summed E-state index contributed by atoms with van der Waals surface area (Å²) in [6, 6.07) is 0. The van der Waals surface area contributed by atoms with Gasteiger partial charge in [0.2, 0.25) is 5.91 Å². The molecule has 0 unspecified atom stereocenters. The van der Waals surface area contributed by atoms with Crippen molar-refractivity contribution in [2.45, 2.75) is 206 Å². The number of hydrogen-bond donors (Lipinski definition) is 1. The van der Waals surface area contributed by atoms with Gasteiger partial charge in [-0.15, -0.1) is 0 Å². The lowest BCUT2D eigenvalue weighted by molar-refractivity contribution is -0.121. The number of carbonyl (C=O) groups excluding carboxylic acids is 1. The monoisotopic (exact) mass is 508 g/mol. The van der Waals surface area contributed by atoms with Crippen LogP contribution in [-0.2, 0) is 4.79 Å². The largest absolute Gasteiger partial charge is 0.356 e. The lowest BCUT2D eigenvalue weighted by Crippen LogP contribution is -2.23. The van der Waals surface area contributed by atoms with Crippen LogP contribution in [0.2, 0.25) is 0 Å². The minimum absolute atomic E-state index is 0.268. The molecule has 0 saturated carbocycles. The summed E-state index contributed by atoms with van der Waals surface area (Å²) in [5, 5.41) is 3.09. The summed E-state index contributed by atoms with van der Waals surface area (Å²) in [4.78, 5) is 11.8. The first-order valence-corrected chi connectivity index (χ1v) is 17.1. The lowest BCUT2D eigenvalue weighted by atomic mass is 10.0. The van der Waals surface area contributed by atoms with Crippen molar-refractivity contribution in [1.29, 1.82) is 0 Å². The van der Waals surface area contributed by atoms with Crippen LogP contribution in [0, 0.1) is 0 Å². The van der Waals surface area contributed by atoms with Crippen molar-refractivity contribution in [3.05, 3.63) is 0 Å². The highest BCUT2D eigenvalue weighted by atomic mass is 16.1. The van der Waals surface area contributed by atoms with E-state index in [-0.39, 0.29) is 5.91 Å². The third-order valence-electron chi connectivity index (χ3n) is 7.86. The fraction of sp³-hybridized carbons (Fsp3) is 0.971. The molecule has 0 aromatic rings. The van der Waals surface area contributed by atoms with Crippen molar-refractivity contribution in [2.24, 2.45) is 0 Å². The van der Waals surface area contributed by atoms with Crippen LogP contribution in [-0.4, -0.2) is 12.5 Å². The zero-order chi connectivity index (χ0) is 26.2. The van der Waals surface area contributed by atoms with Crippen LogP contribution >= 0.6 is 0 Å². The Labute approximate surface area is 228 Å². The Hall–Kier alpha value is -0.530. The van der Waals surface area contributed by atoms with Gasteiger partial charge < -0.3 is 5.32 Å². The van der Waals surface area contributed by atoms with E-state index in [1.807, 2.05) is 0 Å². The molecule has 36 heavy (non-hydrogen) atoms. The quantitative estimate of drug-likeness (QED) is 0.0928. The second-order valence-electron chi connectivity index (χ2n) is 11.6. The number of amides is 1. The van der Waals surface area contributed by atoms with Gasteiger partial charge in [-0.2, -0.15) is 0 Å². The zero-order valence-electron chi connectivity index (χ0n) is 25.3. The number of rotatable bonds is 31. The van der Waals surface area contributed by atoms with Crippen LogP contribution in [0.5, 0.6) is 0 Å². The number of hydrogen-bond acceptors (Lipinski definition) is 1. The topological polar surface area (TPSA) is 29.1 Å². The van der Waals surface area contributed by atoms with Crippen molar-refractivity contribution < 1.29 is 4.79 Å². The minimum atomic E-state index is 0.268. The first-order chi connectivity index (χ1) is 17.8. The van der Waals surface area contributed by atoms with Gasteiger partial charge in [-0.3, -0.25) is 4.79 Å².